The third-order valence-corrected chi connectivity index (χ3v) is 6.63. The minimum Gasteiger partial charge on any atom is -0.368 e. The lowest BCUT2D eigenvalue weighted by molar-refractivity contribution is 0.101. The van der Waals surface area contributed by atoms with E-state index in [9.17, 15) is 4.79 Å². The van der Waals surface area contributed by atoms with Gasteiger partial charge in [0.25, 0.3) is 0 Å². The third-order valence-electron chi connectivity index (χ3n) is 6.25. The van der Waals surface area contributed by atoms with Crippen molar-refractivity contribution in [1.29, 1.82) is 0 Å². The molecule has 134 valence electrons. The van der Waals surface area contributed by atoms with E-state index in [-0.39, 0.29) is 5.78 Å². The maximum Gasteiger partial charge on any atom is 0.169 e. The Labute approximate surface area is 155 Å². The zero-order valence-electron chi connectivity index (χ0n) is 14.9. The molecule has 3 aliphatic rings. The molecule has 25 heavy (non-hydrogen) atoms. The SMILES string of the molecule is CC(=O)c1ccc(N2CCN(C(=S)N[C@H]3C[C@H]4CC[C@@H]3C4)CC2)cc1. The van der Waals surface area contributed by atoms with E-state index in [1.54, 1.807) is 6.92 Å². The second-order valence-electron chi connectivity index (χ2n) is 7.81. The molecule has 1 aliphatic heterocycles. The molecule has 1 aromatic carbocycles. The number of thiocarbonyl (C=S) groups is 1. The Morgan fingerprint density at radius 2 is 1.80 bits per heavy atom. The van der Waals surface area contributed by atoms with Crippen molar-refractivity contribution in [2.24, 2.45) is 11.8 Å². The van der Waals surface area contributed by atoms with Gasteiger partial charge in [0.1, 0.15) is 0 Å². The molecule has 2 saturated carbocycles. The zero-order valence-corrected chi connectivity index (χ0v) is 15.7. The van der Waals surface area contributed by atoms with Crippen LogP contribution in [0.1, 0.15) is 43.0 Å². The summed E-state index contributed by atoms with van der Waals surface area (Å²) >= 11 is 5.69. The highest BCUT2D eigenvalue weighted by atomic mass is 32.1. The van der Waals surface area contributed by atoms with E-state index in [0.717, 1.165) is 48.7 Å². The average molecular weight is 358 g/mol. The van der Waals surface area contributed by atoms with Crippen molar-refractivity contribution in [2.45, 2.75) is 38.6 Å². The molecule has 3 atom stereocenters. The van der Waals surface area contributed by atoms with Crippen LogP contribution in [0.3, 0.4) is 0 Å². The maximum atomic E-state index is 11.4. The van der Waals surface area contributed by atoms with Crippen LogP contribution in [0.4, 0.5) is 5.69 Å². The zero-order chi connectivity index (χ0) is 17.4. The Bertz CT molecular complexity index is 651. The number of anilines is 1. The molecular formula is C20H27N3OS. The first-order chi connectivity index (χ1) is 12.1. The normalized spacial score (nSPS) is 28.3. The predicted molar refractivity (Wildman–Crippen MR) is 105 cm³/mol. The van der Waals surface area contributed by atoms with Gasteiger partial charge in [-0.2, -0.15) is 0 Å². The van der Waals surface area contributed by atoms with Crippen LogP contribution in [0.5, 0.6) is 0 Å². The van der Waals surface area contributed by atoms with Crippen molar-refractivity contribution in [1.82, 2.24) is 10.2 Å². The van der Waals surface area contributed by atoms with Crippen LogP contribution in [0.25, 0.3) is 0 Å². The first-order valence-electron chi connectivity index (χ1n) is 9.51. The standard InChI is InChI=1S/C20H27N3OS/c1-14(24)16-4-6-18(7-5-16)22-8-10-23(11-9-22)20(25)21-19-13-15-2-3-17(19)12-15/h4-7,15,17,19H,2-3,8-13H2,1H3,(H,21,25)/t15-,17+,19-/m0/s1. The van der Waals surface area contributed by atoms with Gasteiger partial charge >= 0.3 is 0 Å². The summed E-state index contributed by atoms with van der Waals surface area (Å²) in [6.07, 6.45) is 5.53. The number of nitrogens with one attached hydrogen (secondary N) is 1. The number of nitrogens with zero attached hydrogens (tertiary/aromatic N) is 2. The summed E-state index contributed by atoms with van der Waals surface area (Å²) in [6.45, 7) is 5.47. The summed E-state index contributed by atoms with van der Waals surface area (Å²) < 4.78 is 0. The predicted octanol–water partition coefficient (Wildman–Crippen LogP) is 3.07. The highest BCUT2D eigenvalue weighted by Crippen LogP contribution is 2.44. The van der Waals surface area contributed by atoms with E-state index in [0.29, 0.717) is 6.04 Å². The number of piperazine rings is 1. The van der Waals surface area contributed by atoms with Gasteiger partial charge in [0.2, 0.25) is 0 Å². The molecule has 1 saturated heterocycles. The molecule has 0 radical (unpaired) electrons. The van der Waals surface area contributed by atoms with Gasteiger partial charge in [0.15, 0.2) is 10.9 Å². The topological polar surface area (TPSA) is 35.6 Å². The van der Waals surface area contributed by atoms with Crippen LogP contribution in [0, 0.1) is 11.8 Å². The number of benzene rings is 1. The van der Waals surface area contributed by atoms with E-state index in [1.807, 2.05) is 12.1 Å². The van der Waals surface area contributed by atoms with Gasteiger partial charge < -0.3 is 15.1 Å². The summed E-state index contributed by atoms with van der Waals surface area (Å²) in [7, 11) is 0. The lowest BCUT2D eigenvalue weighted by Gasteiger charge is -2.38. The fourth-order valence-corrected chi connectivity index (χ4v) is 5.08. The molecule has 1 aromatic rings. The third kappa shape index (κ3) is 3.52. The molecule has 2 bridgehead atoms. The minimum atomic E-state index is 0.119. The summed E-state index contributed by atoms with van der Waals surface area (Å²) in [5.74, 6) is 1.91. The van der Waals surface area contributed by atoms with Crippen LogP contribution in [0.15, 0.2) is 24.3 Å². The highest BCUT2D eigenvalue weighted by molar-refractivity contribution is 7.80. The van der Waals surface area contributed by atoms with Gasteiger partial charge in [-0.1, -0.05) is 6.42 Å². The number of hydrogen-bond donors (Lipinski definition) is 1. The Kier molecular flexibility index (Phi) is 4.67. The van der Waals surface area contributed by atoms with Crippen LogP contribution in [0.2, 0.25) is 0 Å². The Morgan fingerprint density at radius 3 is 2.36 bits per heavy atom. The molecule has 0 unspecified atom stereocenters. The molecule has 5 heteroatoms. The number of carbonyl (C=O) groups excluding carboxylic acids is 1. The van der Waals surface area contributed by atoms with Crippen molar-refractivity contribution >= 4 is 28.8 Å². The summed E-state index contributed by atoms with van der Waals surface area (Å²) in [6, 6.07) is 8.57. The number of ketones is 1. The molecule has 1 N–H and O–H groups in total. The average Bonchev–Trinajstić information content (AvgIpc) is 3.25. The quantitative estimate of drug-likeness (QED) is 0.664. The number of hydrogen-bond acceptors (Lipinski definition) is 3. The molecular weight excluding hydrogens is 330 g/mol. The van der Waals surface area contributed by atoms with Crippen LogP contribution < -0.4 is 10.2 Å². The van der Waals surface area contributed by atoms with Crippen LogP contribution in [-0.2, 0) is 0 Å². The molecule has 0 aromatic heterocycles. The van der Waals surface area contributed by atoms with Gasteiger partial charge in [0.05, 0.1) is 0 Å². The maximum absolute atomic E-state index is 11.4. The van der Waals surface area contributed by atoms with E-state index < -0.39 is 0 Å². The molecule has 4 rings (SSSR count). The molecule has 2 aliphatic carbocycles. The molecule has 4 nitrogen and oxygen atoms in total. The Hall–Kier alpha value is -1.62. The Balaban J connectivity index is 1.29. The van der Waals surface area contributed by atoms with Gasteiger partial charge in [-0.05, 0) is 74.5 Å². The number of carbonyl (C=O) groups is 1. The fourth-order valence-electron chi connectivity index (χ4n) is 4.75. The largest absolute Gasteiger partial charge is 0.368 e. The van der Waals surface area contributed by atoms with Gasteiger partial charge in [-0.25, -0.2) is 0 Å². The number of Topliss-reactive ketones (excluding diaryl/α,β-unsaturated/α-hetero) is 1. The molecule has 1 heterocycles. The van der Waals surface area contributed by atoms with Crippen molar-refractivity contribution in [3.63, 3.8) is 0 Å². The summed E-state index contributed by atoms with van der Waals surface area (Å²) in [5.41, 5.74) is 1.97. The number of fused-ring (bicyclic) bond motifs is 2. The van der Waals surface area contributed by atoms with Crippen molar-refractivity contribution in [3.05, 3.63) is 29.8 Å². The molecule has 3 fully saturated rings. The summed E-state index contributed by atoms with van der Waals surface area (Å²) in [4.78, 5) is 16.1. The van der Waals surface area contributed by atoms with E-state index in [1.165, 1.54) is 31.4 Å². The lowest BCUT2D eigenvalue weighted by atomic mass is 9.95. The first kappa shape index (κ1) is 16.8. The van der Waals surface area contributed by atoms with Crippen LogP contribution >= 0.6 is 12.2 Å². The first-order valence-corrected chi connectivity index (χ1v) is 9.92. The second kappa shape index (κ2) is 6.94. The Morgan fingerprint density at radius 1 is 1.08 bits per heavy atom. The molecule has 0 spiro atoms. The smallest absolute Gasteiger partial charge is 0.169 e. The minimum absolute atomic E-state index is 0.119. The fraction of sp³-hybridized carbons (Fsp3) is 0.600. The highest BCUT2D eigenvalue weighted by Gasteiger charge is 2.40. The molecule has 0 amide bonds. The van der Waals surface area contributed by atoms with Gasteiger partial charge in [-0.3, -0.25) is 4.79 Å². The van der Waals surface area contributed by atoms with E-state index >= 15 is 0 Å². The summed E-state index contributed by atoms with van der Waals surface area (Å²) in [5, 5.41) is 4.60. The van der Waals surface area contributed by atoms with Crippen LogP contribution in [-0.4, -0.2) is 48.0 Å². The van der Waals surface area contributed by atoms with Gasteiger partial charge in [-0.15, -0.1) is 0 Å². The van der Waals surface area contributed by atoms with E-state index in [2.05, 4.69) is 27.2 Å². The van der Waals surface area contributed by atoms with Gasteiger partial charge in [0, 0.05) is 43.5 Å². The lowest BCUT2D eigenvalue weighted by Crippen LogP contribution is -2.54. The van der Waals surface area contributed by atoms with Crippen molar-refractivity contribution < 1.29 is 4.79 Å². The van der Waals surface area contributed by atoms with Crippen molar-refractivity contribution in [2.75, 3.05) is 31.1 Å². The second-order valence-corrected chi connectivity index (χ2v) is 8.19. The van der Waals surface area contributed by atoms with Crippen molar-refractivity contribution in [3.8, 4) is 0 Å². The monoisotopic (exact) mass is 357 g/mol. The van der Waals surface area contributed by atoms with E-state index in [4.69, 9.17) is 12.2 Å². The number of rotatable bonds is 3.